The zero-order chi connectivity index (χ0) is 14.3. The van der Waals surface area contributed by atoms with Crippen molar-refractivity contribution in [1.29, 1.82) is 0 Å². The molecule has 1 N–H and O–H groups in total. The van der Waals surface area contributed by atoms with Gasteiger partial charge >= 0.3 is 18.3 Å². The van der Waals surface area contributed by atoms with E-state index in [1.54, 1.807) is 0 Å². The third-order valence-corrected chi connectivity index (χ3v) is 2.18. The molecule has 0 bridgehead atoms. The van der Waals surface area contributed by atoms with E-state index < -0.39 is 40.6 Å². The molecular weight excluding hydrogens is 266 g/mol. The van der Waals surface area contributed by atoms with Gasteiger partial charge in [0.2, 0.25) is 0 Å². The van der Waals surface area contributed by atoms with Crippen LogP contribution in [0.25, 0.3) is 0 Å². The average molecular weight is 272 g/mol. The van der Waals surface area contributed by atoms with Gasteiger partial charge in [0.25, 0.3) is 0 Å². The number of carboxylic acid groups (broad SMARTS) is 1. The summed E-state index contributed by atoms with van der Waals surface area (Å²) in [6, 6.07) is 0.257. The maximum absolute atomic E-state index is 12.6. The van der Waals surface area contributed by atoms with Crippen molar-refractivity contribution in [2.75, 3.05) is 0 Å². The predicted molar refractivity (Wildman–Crippen MR) is 48.1 cm³/mol. The van der Waals surface area contributed by atoms with E-state index in [9.17, 15) is 31.1 Å². The molecule has 0 aliphatic rings. The number of halogens is 6. The molecule has 0 aliphatic carbocycles. The molecule has 0 radical (unpaired) electrons. The van der Waals surface area contributed by atoms with E-state index in [2.05, 4.69) is 0 Å². The van der Waals surface area contributed by atoms with Crippen molar-refractivity contribution in [3.63, 3.8) is 0 Å². The number of carbonyl (C=O) groups is 1. The lowest BCUT2D eigenvalue weighted by Gasteiger charge is -2.16. The maximum Gasteiger partial charge on any atom is 0.417 e. The summed E-state index contributed by atoms with van der Waals surface area (Å²) < 4.78 is 74.8. The summed E-state index contributed by atoms with van der Waals surface area (Å²) in [6.07, 6.45) is -9.93. The number of aromatic carboxylic acids is 1. The van der Waals surface area contributed by atoms with Crippen LogP contribution in [0, 0.1) is 6.92 Å². The standard InChI is InChI=1S/C10H6F6O2/c1-4-2-5(9(11,12)13)3-6(8(17)18)7(4)10(14,15)16/h2-3H,1H3,(H,17,18). The van der Waals surface area contributed by atoms with Gasteiger partial charge < -0.3 is 5.11 Å². The Bertz CT molecular complexity index is 486. The third-order valence-electron chi connectivity index (χ3n) is 2.18. The quantitative estimate of drug-likeness (QED) is 0.791. The van der Waals surface area contributed by atoms with Crippen LogP contribution in [0.4, 0.5) is 26.3 Å². The Morgan fingerprint density at radius 2 is 1.56 bits per heavy atom. The summed E-state index contributed by atoms with van der Waals surface area (Å²) in [5.41, 5.74) is -5.18. The lowest BCUT2D eigenvalue weighted by atomic mass is 9.97. The molecule has 0 atom stereocenters. The molecule has 0 saturated heterocycles. The van der Waals surface area contributed by atoms with Crippen molar-refractivity contribution in [1.82, 2.24) is 0 Å². The Morgan fingerprint density at radius 1 is 1.06 bits per heavy atom. The van der Waals surface area contributed by atoms with Gasteiger partial charge in [-0.1, -0.05) is 0 Å². The molecule has 0 saturated carbocycles. The van der Waals surface area contributed by atoms with E-state index in [0.717, 1.165) is 6.92 Å². The molecule has 1 aromatic carbocycles. The first-order valence-corrected chi connectivity index (χ1v) is 4.47. The second kappa shape index (κ2) is 4.18. The number of rotatable bonds is 1. The SMILES string of the molecule is Cc1cc(C(F)(F)F)cc(C(=O)O)c1C(F)(F)F. The highest BCUT2D eigenvalue weighted by Crippen LogP contribution is 2.38. The monoisotopic (exact) mass is 272 g/mol. The van der Waals surface area contributed by atoms with Crippen molar-refractivity contribution in [3.05, 3.63) is 34.4 Å². The third kappa shape index (κ3) is 2.74. The topological polar surface area (TPSA) is 37.3 Å². The highest BCUT2D eigenvalue weighted by atomic mass is 19.4. The van der Waals surface area contributed by atoms with Crippen LogP contribution in [-0.4, -0.2) is 11.1 Å². The van der Waals surface area contributed by atoms with Crippen LogP contribution in [0.2, 0.25) is 0 Å². The fraction of sp³-hybridized carbons (Fsp3) is 0.300. The van der Waals surface area contributed by atoms with Gasteiger partial charge in [0.05, 0.1) is 16.7 Å². The van der Waals surface area contributed by atoms with Crippen LogP contribution in [0.1, 0.15) is 27.0 Å². The van der Waals surface area contributed by atoms with Crippen LogP contribution in [-0.2, 0) is 12.4 Å². The van der Waals surface area contributed by atoms with Crippen LogP contribution >= 0.6 is 0 Å². The summed E-state index contributed by atoms with van der Waals surface area (Å²) >= 11 is 0. The van der Waals surface area contributed by atoms with Gasteiger partial charge in [-0.2, -0.15) is 26.3 Å². The Hall–Kier alpha value is -1.73. The molecular formula is C10H6F6O2. The summed E-state index contributed by atoms with van der Waals surface area (Å²) in [5.74, 6) is -2.06. The molecule has 0 heterocycles. The molecule has 18 heavy (non-hydrogen) atoms. The van der Waals surface area contributed by atoms with Crippen LogP contribution in [0.3, 0.4) is 0 Å². The molecule has 0 fully saturated rings. The number of hydrogen-bond acceptors (Lipinski definition) is 1. The zero-order valence-corrected chi connectivity index (χ0v) is 8.78. The minimum Gasteiger partial charge on any atom is -0.478 e. The van der Waals surface area contributed by atoms with Crippen molar-refractivity contribution in [3.8, 4) is 0 Å². The fourth-order valence-corrected chi connectivity index (χ4v) is 1.50. The Labute approximate surface area is 96.8 Å². The van der Waals surface area contributed by atoms with Crippen LogP contribution < -0.4 is 0 Å². The van der Waals surface area contributed by atoms with Gasteiger partial charge in [-0.25, -0.2) is 4.79 Å². The van der Waals surface area contributed by atoms with Crippen molar-refractivity contribution >= 4 is 5.97 Å². The summed E-state index contributed by atoms with van der Waals surface area (Å²) in [7, 11) is 0. The molecule has 0 aromatic heterocycles. The predicted octanol–water partition coefficient (Wildman–Crippen LogP) is 3.73. The lowest BCUT2D eigenvalue weighted by Crippen LogP contribution is -2.17. The minimum absolute atomic E-state index is 0.0157. The van der Waals surface area contributed by atoms with Gasteiger partial charge in [0, 0.05) is 0 Å². The molecule has 0 unspecified atom stereocenters. The summed E-state index contributed by atoms with van der Waals surface area (Å²) in [4.78, 5) is 10.6. The molecule has 1 rings (SSSR count). The second-order valence-electron chi connectivity index (χ2n) is 3.52. The molecule has 8 heteroatoms. The van der Waals surface area contributed by atoms with E-state index in [0.29, 0.717) is 0 Å². The van der Waals surface area contributed by atoms with Crippen LogP contribution in [0.5, 0.6) is 0 Å². The smallest absolute Gasteiger partial charge is 0.417 e. The molecule has 0 spiro atoms. The maximum atomic E-state index is 12.6. The first kappa shape index (κ1) is 14.3. The van der Waals surface area contributed by atoms with E-state index >= 15 is 0 Å². The largest absolute Gasteiger partial charge is 0.478 e. The van der Waals surface area contributed by atoms with Gasteiger partial charge in [0.1, 0.15) is 0 Å². The average Bonchev–Trinajstić information content (AvgIpc) is 2.12. The van der Waals surface area contributed by atoms with Gasteiger partial charge in [-0.15, -0.1) is 0 Å². The van der Waals surface area contributed by atoms with E-state index in [4.69, 9.17) is 5.11 Å². The highest BCUT2D eigenvalue weighted by Gasteiger charge is 2.40. The van der Waals surface area contributed by atoms with Gasteiger partial charge in [-0.3, -0.25) is 0 Å². The van der Waals surface area contributed by atoms with Gasteiger partial charge in [0.15, 0.2) is 0 Å². The Morgan fingerprint density at radius 3 is 1.89 bits per heavy atom. The molecule has 1 aromatic rings. The highest BCUT2D eigenvalue weighted by molar-refractivity contribution is 5.90. The second-order valence-corrected chi connectivity index (χ2v) is 3.52. The van der Waals surface area contributed by atoms with E-state index in [-0.39, 0.29) is 12.1 Å². The molecule has 0 aliphatic heterocycles. The Kier molecular flexibility index (Phi) is 3.33. The van der Waals surface area contributed by atoms with Crippen LogP contribution in [0.15, 0.2) is 12.1 Å². The van der Waals surface area contributed by atoms with Crippen molar-refractivity contribution < 1.29 is 36.2 Å². The lowest BCUT2D eigenvalue weighted by molar-refractivity contribution is -0.142. The normalized spacial score (nSPS) is 12.6. The minimum atomic E-state index is -5.03. The summed E-state index contributed by atoms with van der Waals surface area (Å²) in [6.45, 7) is 0.782. The first-order valence-electron chi connectivity index (χ1n) is 4.47. The number of alkyl halides is 6. The molecule has 0 amide bonds. The first-order chi connectivity index (χ1) is 7.94. The molecule has 100 valence electrons. The summed E-state index contributed by atoms with van der Waals surface area (Å²) in [5, 5.41) is 8.58. The van der Waals surface area contributed by atoms with Crippen molar-refractivity contribution in [2.24, 2.45) is 0 Å². The number of hydrogen-bond donors (Lipinski definition) is 1. The number of benzene rings is 1. The number of aryl methyl sites for hydroxylation is 1. The van der Waals surface area contributed by atoms with Gasteiger partial charge in [-0.05, 0) is 24.6 Å². The van der Waals surface area contributed by atoms with Crippen molar-refractivity contribution in [2.45, 2.75) is 19.3 Å². The van der Waals surface area contributed by atoms with E-state index in [1.165, 1.54) is 0 Å². The fourth-order valence-electron chi connectivity index (χ4n) is 1.50. The number of carboxylic acids is 1. The zero-order valence-electron chi connectivity index (χ0n) is 8.78. The molecule has 2 nitrogen and oxygen atoms in total. The Balaban J connectivity index is 3.62. The van der Waals surface area contributed by atoms with E-state index in [1.807, 2.05) is 0 Å².